The summed E-state index contributed by atoms with van der Waals surface area (Å²) in [6.07, 6.45) is 2.44. The van der Waals surface area contributed by atoms with E-state index in [2.05, 4.69) is 4.98 Å². The molecule has 6 nitrogen and oxygen atoms in total. The Morgan fingerprint density at radius 1 is 1.61 bits per heavy atom. The minimum absolute atomic E-state index is 0.0502. The number of rotatable bonds is 3. The fraction of sp³-hybridized carbons (Fsp3) is 0.600. The summed E-state index contributed by atoms with van der Waals surface area (Å²) >= 11 is 1.11. The van der Waals surface area contributed by atoms with Gasteiger partial charge in [-0.3, -0.25) is 4.79 Å². The van der Waals surface area contributed by atoms with E-state index >= 15 is 0 Å². The van der Waals surface area contributed by atoms with Gasteiger partial charge < -0.3 is 5.11 Å². The molecule has 0 radical (unpaired) electrons. The van der Waals surface area contributed by atoms with E-state index in [0.717, 1.165) is 11.3 Å². The van der Waals surface area contributed by atoms with Gasteiger partial charge in [-0.05, 0) is 19.8 Å². The van der Waals surface area contributed by atoms with Crippen molar-refractivity contribution in [3.8, 4) is 0 Å². The molecule has 18 heavy (non-hydrogen) atoms. The molecule has 100 valence electrons. The van der Waals surface area contributed by atoms with Crippen LogP contribution in [0.3, 0.4) is 0 Å². The summed E-state index contributed by atoms with van der Waals surface area (Å²) in [6, 6.07) is 0. The highest BCUT2D eigenvalue weighted by atomic mass is 32.2. The molecule has 0 aliphatic carbocycles. The van der Waals surface area contributed by atoms with Crippen LogP contribution in [0.4, 0.5) is 0 Å². The Labute approximate surface area is 109 Å². The Balaban J connectivity index is 2.22. The first-order valence-electron chi connectivity index (χ1n) is 5.56. The van der Waals surface area contributed by atoms with Crippen LogP contribution in [0.5, 0.6) is 0 Å². The van der Waals surface area contributed by atoms with Crippen molar-refractivity contribution in [2.75, 3.05) is 13.1 Å². The third-order valence-corrected chi connectivity index (χ3v) is 6.14. The van der Waals surface area contributed by atoms with Crippen LogP contribution in [0, 0.1) is 12.8 Å². The van der Waals surface area contributed by atoms with Gasteiger partial charge in [0.05, 0.1) is 17.1 Å². The average molecular weight is 290 g/mol. The highest BCUT2D eigenvalue weighted by Crippen LogP contribution is 2.26. The van der Waals surface area contributed by atoms with Crippen LogP contribution in [0.1, 0.15) is 17.8 Å². The molecular weight excluding hydrogens is 276 g/mol. The van der Waals surface area contributed by atoms with Gasteiger partial charge in [0.25, 0.3) is 10.0 Å². The quantitative estimate of drug-likeness (QED) is 0.895. The second-order valence-corrected chi connectivity index (χ2v) is 7.64. The fourth-order valence-corrected chi connectivity index (χ4v) is 4.74. The monoisotopic (exact) mass is 290 g/mol. The number of sulfonamides is 1. The topological polar surface area (TPSA) is 87.6 Å². The Hall–Kier alpha value is -0.990. The largest absolute Gasteiger partial charge is 0.481 e. The Bertz CT molecular complexity index is 552. The molecule has 1 aromatic heterocycles. The summed E-state index contributed by atoms with van der Waals surface area (Å²) in [7, 11) is -3.58. The smallest absolute Gasteiger partial charge is 0.307 e. The average Bonchev–Trinajstić information content (AvgIpc) is 2.77. The highest BCUT2D eigenvalue weighted by Gasteiger charge is 2.34. The number of carboxylic acids is 1. The minimum atomic E-state index is -3.58. The van der Waals surface area contributed by atoms with Crippen LogP contribution in [0.15, 0.2) is 10.4 Å². The molecule has 1 saturated heterocycles. The first-order chi connectivity index (χ1) is 8.41. The lowest BCUT2D eigenvalue weighted by atomic mass is 10.0. The van der Waals surface area contributed by atoms with Gasteiger partial charge in [-0.15, -0.1) is 11.3 Å². The van der Waals surface area contributed by atoms with Crippen molar-refractivity contribution in [1.82, 2.24) is 9.29 Å². The molecule has 1 aromatic rings. The van der Waals surface area contributed by atoms with E-state index in [1.54, 1.807) is 6.92 Å². The van der Waals surface area contributed by atoms with Gasteiger partial charge >= 0.3 is 5.97 Å². The number of aromatic nitrogens is 1. The van der Waals surface area contributed by atoms with Gasteiger partial charge in [-0.25, -0.2) is 13.4 Å². The number of carboxylic acid groups (broad SMARTS) is 1. The summed E-state index contributed by atoms with van der Waals surface area (Å²) in [4.78, 5) is 14.9. The predicted octanol–water partition coefficient (Wildman–Crippen LogP) is 0.937. The van der Waals surface area contributed by atoms with Crippen LogP contribution in [0.2, 0.25) is 0 Å². The molecule has 1 fully saturated rings. The van der Waals surface area contributed by atoms with E-state index in [-0.39, 0.29) is 10.8 Å². The highest BCUT2D eigenvalue weighted by molar-refractivity contribution is 7.91. The van der Waals surface area contributed by atoms with Crippen molar-refractivity contribution in [2.24, 2.45) is 5.92 Å². The number of aryl methyl sites for hydroxylation is 1. The zero-order valence-corrected chi connectivity index (χ0v) is 11.5. The zero-order chi connectivity index (χ0) is 13.3. The molecule has 1 aliphatic heterocycles. The number of nitrogens with zero attached hydrogens (tertiary/aromatic N) is 2. The Morgan fingerprint density at radius 2 is 2.33 bits per heavy atom. The Kier molecular flexibility index (Phi) is 3.69. The number of aliphatic carboxylic acids is 1. The summed E-state index contributed by atoms with van der Waals surface area (Å²) in [5.74, 6) is -1.54. The zero-order valence-electron chi connectivity index (χ0n) is 9.87. The molecule has 1 N–H and O–H groups in total. The summed E-state index contributed by atoms with van der Waals surface area (Å²) < 4.78 is 26.0. The van der Waals surface area contributed by atoms with Gasteiger partial charge in [0, 0.05) is 13.1 Å². The van der Waals surface area contributed by atoms with Crippen LogP contribution < -0.4 is 0 Å². The molecule has 0 aromatic carbocycles. The van der Waals surface area contributed by atoms with Crippen LogP contribution >= 0.6 is 11.3 Å². The lowest BCUT2D eigenvalue weighted by molar-refractivity contribution is -0.142. The molecule has 0 bridgehead atoms. The maximum atomic E-state index is 12.3. The maximum absolute atomic E-state index is 12.3. The van der Waals surface area contributed by atoms with E-state index < -0.39 is 21.9 Å². The van der Waals surface area contributed by atoms with Crippen LogP contribution in [0.25, 0.3) is 0 Å². The summed E-state index contributed by atoms with van der Waals surface area (Å²) in [5, 5.41) is 9.65. The first kappa shape index (κ1) is 13.4. The molecule has 8 heteroatoms. The number of piperidine rings is 1. The molecule has 1 aliphatic rings. The van der Waals surface area contributed by atoms with E-state index in [1.165, 1.54) is 10.5 Å². The van der Waals surface area contributed by atoms with Gasteiger partial charge in [-0.1, -0.05) is 0 Å². The summed E-state index contributed by atoms with van der Waals surface area (Å²) in [5.41, 5.74) is 0. The normalized spacial score (nSPS) is 21.9. The lowest BCUT2D eigenvalue weighted by Crippen LogP contribution is -2.42. The van der Waals surface area contributed by atoms with Gasteiger partial charge in [-0.2, -0.15) is 4.31 Å². The predicted molar refractivity (Wildman–Crippen MR) is 66.0 cm³/mol. The van der Waals surface area contributed by atoms with Crippen molar-refractivity contribution in [2.45, 2.75) is 24.0 Å². The van der Waals surface area contributed by atoms with Crippen molar-refractivity contribution < 1.29 is 18.3 Å². The number of hydrogen-bond acceptors (Lipinski definition) is 5. The van der Waals surface area contributed by atoms with Crippen molar-refractivity contribution in [3.63, 3.8) is 0 Å². The van der Waals surface area contributed by atoms with Crippen molar-refractivity contribution >= 4 is 27.3 Å². The molecule has 2 heterocycles. The number of hydrogen-bond donors (Lipinski definition) is 1. The van der Waals surface area contributed by atoms with Crippen LogP contribution in [-0.2, 0) is 14.8 Å². The third-order valence-electron chi connectivity index (χ3n) is 2.93. The molecule has 2 rings (SSSR count). The maximum Gasteiger partial charge on any atom is 0.307 e. The molecule has 0 spiro atoms. The summed E-state index contributed by atoms with van der Waals surface area (Å²) in [6.45, 7) is 2.16. The number of carbonyl (C=O) groups is 1. The van der Waals surface area contributed by atoms with Crippen molar-refractivity contribution in [1.29, 1.82) is 0 Å². The van der Waals surface area contributed by atoms with E-state index in [4.69, 9.17) is 5.11 Å². The standard InChI is InChI=1S/C10H14N2O4S2/c1-7-11-5-9(17-7)18(15,16)12-4-2-3-8(6-12)10(13)14/h5,8H,2-4,6H2,1H3,(H,13,14). The molecular formula is C10H14N2O4S2. The van der Waals surface area contributed by atoms with E-state index in [0.29, 0.717) is 24.4 Å². The van der Waals surface area contributed by atoms with Crippen molar-refractivity contribution in [3.05, 3.63) is 11.2 Å². The fourth-order valence-electron chi connectivity index (χ4n) is 1.95. The second kappa shape index (κ2) is 4.94. The minimum Gasteiger partial charge on any atom is -0.481 e. The van der Waals surface area contributed by atoms with Gasteiger partial charge in [0.1, 0.15) is 0 Å². The third kappa shape index (κ3) is 2.55. The van der Waals surface area contributed by atoms with Gasteiger partial charge in [0.2, 0.25) is 0 Å². The second-order valence-electron chi connectivity index (χ2n) is 4.24. The SMILES string of the molecule is Cc1ncc(S(=O)(=O)N2CCCC(C(=O)O)C2)s1. The van der Waals surface area contributed by atoms with Crippen LogP contribution in [-0.4, -0.2) is 41.9 Å². The molecule has 1 atom stereocenters. The van der Waals surface area contributed by atoms with E-state index in [9.17, 15) is 13.2 Å². The molecule has 1 unspecified atom stereocenters. The van der Waals surface area contributed by atoms with E-state index in [1.807, 2.05) is 0 Å². The number of thiazole rings is 1. The lowest BCUT2D eigenvalue weighted by Gasteiger charge is -2.29. The molecule has 0 amide bonds. The Morgan fingerprint density at radius 3 is 2.89 bits per heavy atom. The molecule has 0 saturated carbocycles. The first-order valence-corrected chi connectivity index (χ1v) is 7.82. The van der Waals surface area contributed by atoms with Gasteiger partial charge in [0.15, 0.2) is 4.21 Å².